The van der Waals surface area contributed by atoms with Crippen molar-refractivity contribution in [3.05, 3.63) is 72.2 Å². The van der Waals surface area contributed by atoms with Crippen LogP contribution in [0, 0.1) is 0 Å². The minimum Gasteiger partial charge on any atom is -0.443 e. The van der Waals surface area contributed by atoms with Crippen LogP contribution in [0.25, 0.3) is 11.3 Å². The molecule has 1 saturated heterocycles. The first kappa shape index (κ1) is 20.8. The van der Waals surface area contributed by atoms with Gasteiger partial charge in [-0.15, -0.1) is 0 Å². The molecule has 2 amide bonds. The van der Waals surface area contributed by atoms with E-state index in [1.54, 1.807) is 11.0 Å². The molecule has 0 unspecified atom stereocenters. The lowest BCUT2D eigenvalue weighted by Crippen LogP contribution is -2.33. The smallest absolute Gasteiger partial charge is 0.276 e. The number of carbonyl (C=O) groups is 2. The average molecular weight is 418 g/mol. The molecule has 0 saturated carbocycles. The van der Waals surface area contributed by atoms with E-state index in [1.807, 2.05) is 60.4 Å². The molecule has 0 aliphatic carbocycles. The average Bonchev–Trinajstić information content (AvgIpc) is 3.14. The van der Waals surface area contributed by atoms with E-state index in [9.17, 15) is 9.59 Å². The van der Waals surface area contributed by atoms with E-state index in [1.165, 1.54) is 6.39 Å². The number of oxazole rings is 1. The molecule has 4 rings (SSSR count). The number of para-hydroxylation sites is 1. The molecular formula is C25H27N3O3. The number of benzene rings is 2. The third-order valence-electron chi connectivity index (χ3n) is 5.69. The van der Waals surface area contributed by atoms with Gasteiger partial charge < -0.3 is 14.2 Å². The maximum absolute atomic E-state index is 13.5. The Kier molecular flexibility index (Phi) is 6.46. The lowest BCUT2D eigenvalue weighted by atomic mass is 10.0. The van der Waals surface area contributed by atoms with Gasteiger partial charge in [-0.25, -0.2) is 4.98 Å². The van der Waals surface area contributed by atoms with Crippen molar-refractivity contribution in [2.45, 2.75) is 32.6 Å². The van der Waals surface area contributed by atoms with Crippen LogP contribution in [-0.2, 0) is 0 Å². The molecule has 6 nitrogen and oxygen atoms in total. The summed E-state index contributed by atoms with van der Waals surface area (Å²) in [5, 5.41) is 0. The fraction of sp³-hybridized carbons (Fsp3) is 0.320. The summed E-state index contributed by atoms with van der Waals surface area (Å²) in [7, 11) is 0. The van der Waals surface area contributed by atoms with Crippen molar-refractivity contribution in [2.24, 2.45) is 0 Å². The normalized spacial score (nSPS) is 14.2. The lowest BCUT2D eigenvalue weighted by Gasteiger charge is -2.22. The van der Waals surface area contributed by atoms with Gasteiger partial charge in [0.15, 0.2) is 17.8 Å². The number of carbonyl (C=O) groups excluding carboxylic acids is 2. The summed E-state index contributed by atoms with van der Waals surface area (Å²) in [5.41, 5.74) is 2.15. The number of amides is 2. The monoisotopic (exact) mass is 417 g/mol. The number of hydrogen-bond donors (Lipinski definition) is 0. The first-order chi connectivity index (χ1) is 15.2. The summed E-state index contributed by atoms with van der Waals surface area (Å²) < 4.78 is 5.67. The standard InChI is InChI=1S/C25H27N3O3/c1-2-28(19-12-6-5-7-13-19)24(29)21-15-9-8-14-20(21)23-22(26-18-31-23)25(30)27-16-10-3-4-11-17-27/h5-9,12-15,18H,2-4,10-11,16-17H2,1H3. The van der Waals surface area contributed by atoms with Crippen molar-refractivity contribution in [3.63, 3.8) is 0 Å². The van der Waals surface area contributed by atoms with Crippen molar-refractivity contribution in [1.82, 2.24) is 9.88 Å². The third kappa shape index (κ3) is 4.38. The van der Waals surface area contributed by atoms with Gasteiger partial charge in [0.25, 0.3) is 11.8 Å². The van der Waals surface area contributed by atoms with Crippen molar-refractivity contribution in [3.8, 4) is 11.3 Å². The molecule has 6 heteroatoms. The molecule has 2 aromatic carbocycles. The molecule has 1 aromatic heterocycles. The molecule has 3 aromatic rings. The van der Waals surface area contributed by atoms with Crippen LogP contribution in [0.15, 0.2) is 65.4 Å². The van der Waals surface area contributed by atoms with E-state index in [2.05, 4.69) is 4.98 Å². The molecule has 0 N–H and O–H groups in total. The summed E-state index contributed by atoms with van der Waals surface area (Å²) in [6, 6.07) is 16.8. The topological polar surface area (TPSA) is 66.7 Å². The highest BCUT2D eigenvalue weighted by Gasteiger charge is 2.28. The molecule has 31 heavy (non-hydrogen) atoms. The summed E-state index contributed by atoms with van der Waals surface area (Å²) in [5.74, 6) is 0.0690. The largest absolute Gasteiger partial charge is 0.443 e. The Morgan fingerprint density at radius 3 is 2.35 bits per heavy atom. The Morgan fingerprint density at radius 2 is 1.65 bits per heavy atom. The lowest BCUT2D eigenvalue weighted by molar-refractivity contribution is 0.0756. The SMILES string of the molecule is CCN(C(=O)c1ccccc1-c1ocnc1C(=O)N1CCCCCC1)c1ccccc1. The van der Waals surface area contributed by atoms with Crippen LogP contribution >= 0.6 is 0 Å². The molecule has 1 aliphatic rings. The van der Waals surface area contributed by atoms with Gasteiger partial charge in [0.1, 0.15) is 0 Å². The Hall–Kier alpha value is -3.41. The maximum atomic E-state index is 13.5. The molecule has 2 heterocycles. The molecule has 1 aliphatic heterocycles. The molecule has 160 valence electrons. The minimum atomic E-state index is -0.145. The van der Waals surface area contributed by atoms with Gasteiger partial charge in [0.2, 0.25) is 0 Å². The van der Waals surface area contributed by atoms with Crippen LogP contribution < -0.4 is 4.90 Å². The van der Waals surface area contributed by atoms with Gasteiger partial charge in [-0.2, -0.15) is 0 Å². The molecule has 0 spiro atoms. The van der Waals surface area contributed by atoms with Gasteiger partial charge in [-0.05, 0) is 38.0 Å². The van der Waals surface area contributed by atoms with Gasteiger partial charge >= 0.3 is 0 Å². The molecular weight excluding hydrogens is 390 g/mol. The second-order valence-corrected chi connectivity index (χ2v) is 7.67. The van der Waals surface area contributed by atoms with Crippen LogP contribution in [0.1, 0.15) is 53.5 Å². The molecule has 0 radical (unpaired) electrons. The highest BCUT2D eigenvalue weighted by molar-refractivity contribution is 6.11. The van der Waals surface area contributed by atoms with Gasteiger partial charge in [0, 0.05) is 30.9 Å². The second-order valence-electron chi connectivity index (χ2n) is 7.67. The predicted molar refractivity (Wildman–Crippen MR) is 120 cm³/mol. The Bertz CT molecular complexity index is 1040. The summed E-state index contributed by atoms with van der Waals surface area (Å²) in [6.45, 7) is 3.91. The summed E-state index contributed by atoms with van der Waals surface area (Å²) >= 11 is 0. The zero-order valence-corrected chi connectivity index (χ0v) is 17.8. The Labute approximate surface area is 182 Å². The zero-order chi connectivity index (χ0) is 21.6. The first-order valence-electron chi connectivity index (χ1n) is 10.9. The van der Waals surface area contributed by atoms with Crippen LogP contribution in [0.2, 0.25) is 0 Å². The van der Waals surface area contributed by atoms with E-state index in [-0.39, 0.29) is 17.5 Å². The highest BCUT2D eigenvalue weighted by Crippen LogP contribution is 2.30. The fourth-order valence-corrected chi connectivity index (χ4v) is 4.08. The van der Waals surface area contributed by atoms with Crippen molar-refractivity contribution < 1.29 is 14.0 Å². The van der Waals surface area contributed by atoms with Crippen molar-refractivity contribution in [1.29, 1.82) is 0 Å². The highest BCUT2D eigenvalue weighted by atomic mass is 16.3. The van der Waals surface area contributed by atoms with Gasteiger partial charge in [-0.3, -0.25) is 9.59 Å². The molecule has 0 atom stereocenters. The van der Waals surface area contributed by atoms with Crippen LogP contribution in [0.5, 0.6) is 0 Å². The molecule has 1 fully saturated rings. The zero-order valence-electron chi connectivity index (χ0n) is 17.8. The van der Waals surface area contributed by atoms with Crippen molar-refractivity contribution in [2.75, 3.05) is 24.5 Å². The van der Waals surface area contributed by atoms with Crippen LogP contribution in [0.3, 0.4) is 0 Å². The fourth-order valence-electron chi connectivity index (χ4n) is 4.08. The quantitative estimate of drug-likeness (QED) is 0.584. The first-order valence-corrected chi connectivity index (χ1v) is 10.9. The van der Waals surface area contributed by atoms with E-state index >= 15 is 0 Å². The maximum Gasteiger partial charge on any atom is 0.276 e. The van der Waals surface area contributed by atoms with Crippen LogP contribution in [0.4, 0.5) is 5.69 Å². The third-order valence-corrected chi connectivity index (χ3v) is 5.69. The molecule has 0 bridgehead atoms. The summed E-state index contributed by atoms with van der Waals surface area (Å²) in [6.07, 6.45) is 5.56. The predicted octanol–water partition coefficient (Wildman–Crippen LogP) is 5.02. The van der Waals surface area contributed by atoms with E-state index < -0.39 is 0 Å². The number of aromatic nitrogens is 1. The summed E-state index contributed by atoms with van der Waals surface area (Å²) in [4.78, 5) is 34.5. The number of hydrogen-bond acceptors (Lipinski definition) is 4. The Balaban J connectivity index is 1.69. The number of likely N-dealkylation sites (tertiary alicyclic amines) is 1. The number of rotatable bonds is 5. The van der Waals surface area contributed by atoms with Gasteiger partial charge in [0.05, 0.1) is 5.56 Å². The minimum absolute atomic E-state index is 0.136. The Morgan fingerprint density at radius 1 is 0.968 bits per heavy atom. The second kappa shape index (κ2) is 9.60. The van der Waals surface area contributed by atoms with E-state index in [4.69, 9.17) is 4.42 Å². The van der Waals surface area contributed by atoms with E-state index in [0.29, 0.717) is 23.4 Å². The van der Waals surface area contributed by atoms with Crippen molar-refractivity contribution >= 4 is 17.5 Å². The number of nitrogens with zero attached hydrogens (tertiary/aromatic N) is 3. The number of anilines is 1. The van der Waals surface area contributed by atoms with Gasteiger partial charge in [-0.1, -0.05) is 49.2 Å². The van der Waals surface area contributed by atoms with Crippen LogP contribution in [-0.4, -0.2) is 41.3 Å². The van der Waals surface area contributed by atoms with E-state index in [0.717, 1.165) is 44.5 Å².